The number of esters is 1. The maximum Gasteiger partial charge on any atom is 0.355 e. The number of ether oxygens (including phenoxy) is 1. The Morgan fingerprint density at radius 1 is 0.967 bits per heavy atom. The predicted octanol–water partition coefficient (Wildman–Crippen LogP) is 6.64. The summed E-state index contributed by atoms with van der Waals surface area (Å²) in [4.78, 5) is 25.4. The molecule has 0 bridgehead atoms. The number of halogens is 1. The second-order valence-electron chi connectivity index (χ2n) is 6.93. The van der Waals surface area contributed by atoms with E-state index in [1.165, 1.54) is 11.3 Å². The fourth-order valence-electron chi connectivity index (χ4n) is 3.12. The van der Waals surface area contributed by atoms with Crippen molar-refractivity contribution in [3.63, 3.8) is 0 Å². The molecule has 1 heterocycles. The molecule has 1 amide bonds. The lowest BCUT2D eigenvalue weighted by Crippen LogP contribution is -2.13. The van der Waals surface area contributed by atoms with Crippen molar-refractivity contribution >= 4 is 50.6 Å². The molecular weight excluding hydrogens is 418 g/mol. The Morgan fingerprint density at radius 3 is 2.40 bits per heavy atom. The summed E-state index contributed by atoms with van der Waals surface area (Å²) in [5.74, 6) is -0.405. The number of hydrogen-bond acceptors (Lipinski definition) is 4. The van der Waals surface area contributed by atoms with Gasteiger partial charge < -0.3 is 10.1 Å². The number of nitrogens with one attached hydrogen (secondary N) is 1. The van der Waals surface area contributed by atoms with Gasteiger partial charge in [-0.15, -0.1) is 11.3 Å². The second-order valence-corrected chi connectivity index (χ2v) is 8.36. The average Bonchev–Trinajstić information content (AvgIpc) is 3.07. The quantitative estimate of drug-likeness (QED) is 0.288. The summed E-state index contributed by atoms with van der Waals surface area (Å²) in [5, 5.41) is 4.12. The van der Waals surface area contributed by atoms with Gasteiger partial charge in [0.15, 0.2) is 0 Å². The molecule has 3 aromatic carbocycles. The van der Waals surface area contributed by atoms with Gasteiger partial charge in [-0.05, 0) is 55.8 Å². The van der Waals surface area contributed by atoms with Crippen LogP contribution in [0.5, 0.6) is 5.75 Å². The van der Waals surface area contributed by atoms with Crippen molar-refractivity contribution in [2.45, 2.75) is 13.8 Å². The van der Waals surface area contributed by atoms with E-state index in [2.05, 4.69) is 5.32 Å². The summed E-state index contributed by atoms with van der Waals surface area (Å²) in [7, 11) is 0. The molecule has 0 atom stereocenters. The first-order valence-corrected chi connectivity index (χ1v) is 10.5. The van der Waals surface area contributed by atoms with Crippen molar-refractivity contribution < 1.29 is 14.3 Å². The van der Waals surface area contributed by atoms with E-state index in [1.807, 2.05) is 56.3 Å². The van der Waals surface area contributed by atoms with Gasteiger partial charge in [0.1, 0.15) is 10.6 Å². The van der Waals surface area contributed by atoms with Gasteiger partial charge in [-0.2, -0.15) is 0 Å². The fraction of sp³-hybridized carbons (Fsp3) is 0.0833. The van der Waals surface area contributed by atoms with E-state index in [1.54, 1.807) is 24.3 Å². The zero-order chi connectivity index (χ0) is 21.3. The number of hydrogen-bond donors (Lipinski definition) is 1. The van der Waals surface area contributed by atoms with Gasteiger partial charge >= 0.3 is 5.97 Å². The van der Waals surface area contributed by atoms with E-state index in [0.29, 0.717) is 21.2 Å². The number of carbonyl (C=O) groups excluding carboxylic acids is 2. The number of carbonyl (C=O) groups is 2. The SMILES string of the molecule is Cc1ccc(NC(=O)c2ccc(OC(=O)c3sc4ccccc4c3Cl)cc2)c(C)c1. The fourth-order valence-corrected chi connectivity index (χ4v) is 4.51. The normalized spacial score (nSPS) is 10.8. The largest absolute Gasteiger partial charge is 0.422 e. The Balaban J connectivity index is 1.47. The minimum absolute atomic E-state index is 0.229. The smallest absolute Gasteiger partial charge is 0.355 e. The third kappa shape index (κ3) is 4.08. The molecule has 0 aliphatic rings. The first-order valence-electron chi connectivity index (χ1n) is 9.30. The Labute approximate surface area is 183 Å². The molecule has 30 heavy (non-hydrogen) atoms. The van der Waals surface area contributed by atoms with Gasteiger partial charge in [0.25, 0.3) is 5.91 Å². The van der Waals surface area contributed by atoms with Crippen LogP contribution in [0.25, 0.3) is 10.1 Å². The van der Waals surface area contributed by atoms with Crippen molar-refractivity contribution in [1.29, 1.82) is 0 Å². The lowest BCUT2D eigenvalue weighted by Gasteiger charge is -2.10. The zero-order valence-electron chi connectivity index (χ0n) is 16.4. The highest BCUT2D eigenvalue weighted by Gasteiger charge is 2.19. The van der Waals surface area contributed by atoms with E-state index >= 15 is 0 Å². The van der Waals surface area contributed by atoms with Crippen molar-refractivity contribution in [3.05, 3.63) is 93.3 Å². The molecule has 0 saturated heterocycles. The number of amides is 1. The molecule has 4 nitrogen and oxygen atoms in total. The molecule has 1 N–H and O–H groups in total. The van der Waals surface area contributed by atoms with Gasteiger partial charge in [-0.25, -0.2) is 4.79 Å². The summed E-state index contributed by atoms with van der Waals surface area (Å²) in [6.07, 6.45) is 0. The molecular formula is C24H18ClNO3S. The molecule has 4 rings (SSSR count). The van der Waals surface area contributed by atoms with Crippen LogP contribution < -0.4 is 10.1 Å². The highest BCUT2D eigenvalue weighted by atomic mass is 35.5. The van der Waals surface area contributed by atoms with Crippen molar-refractivity contribution in [2.75, 3.05) is 5.32 Å². The predicted molar refractivity (Wildman–Crippen MR) is 122 cm³/mol. The molecule has 0 aliphatic carbocycles. The minimum atomic E-state index is -0.520. The van der Waals surface area contributed by atoms with E-state index < -0.39 is 5.97 Å². The highest BCUT2D eigenvalue weighted by Crippen LogP contribution is 2.35. The van der Waals surface area contributed by atoms with Gasteiger partial charge in [-0.1, -0.05) is 47.5 Å². The Hall–Kier alpha value is -3.15. The number of thiophene rings is 1. The molecule has 0 radical (unpaired) electrons. The molecule has 0 fully saturated rings. The standard InChI is InChI=1S/C24H18ClNO3S/c1-14-7-12-19(15(2)13-14)26-23(27)16-8-10-17(11-9-16)29-24(28)22-21(25)18-5-3-4-6-20(18)30-22/h3-13H,1-2H3,(H,26,27). The third-order valence-electron chi connectivity index (χ3n) is 4.68. The summed E-state index contributed by atoms with van der Waals surface area (Å²) in [6, 6.07) is 19.8. The Bertz CT molecular complexity index is 1260. The molecule has 1 aromatic heterocycles. The number of rotatable bonds is 4. The Kier molecular flexibility index (Phi) is 5.57. The monoisotopic (exact) mass is 435 g/mol. The first kappa shape index (κ1) is 20.1. The van der Waals surface area contributed by atoms with Crippen LogP contribution in [0.1, 0.15) is 31.2 Å². The van der Waals surface area contributed by atoms with Crippen LogP contribution in [0.3, 0.4) is 0 Å². The molecule has 150 valence electrons. The van der Waals surface area contributed by atoms with Crippen LogP contribution in [0, 0.1) is 13.8 Å². The lowest BCUT2D eigenvalue weighted by molar-refractivity contribution is 0.0740. The van der Waals surface area contributed by atoms with E-state index in [9.17, 15) is 9.59 Å². The molecule has 0 aliphatic heterocycles. The summed E-state index contributed by atoms with van der Waals surface area (Å²) in [5.41, 5.74) is 3.36. The molecule has 0 spiro atoms. The average molecular weight is 436 g/mol. The zero-order valence-corrected chi connectivity index (χ0v) is 17.9. The second kappa shape index (κ2) is 8.30. The van der Waals surface area contributed by atoms with Crippen LogP contribution in [-0.2, 0) is 0 Å². The number of benzene rings is 3. The molecule has 0 unspecified atom stereocenters. The summed E-state index contributed by atoms with van der Waals surface area (Å²) < 4.78 is 6.38. The van der Waals surface area contributed by atoms with Gasteiger partial charge in [0.05, 0.1) is 5.02 Å². The van der Waals surface area contributed by atoms with Crippen molar-refractivity contribution in [1.82, 2.24) is 0 Å². The van der Waals surface area contributed by atoms with Crippen LogP contribution >= 0.6 is 22.9 Å². The molecule has 0 saturated carbocycles. The first-order chi connectivity index (χ1) is 14.4. The van der Waals surface area contributed by atoms with Crippen molar-refractivity contribution in [3.8, 4) is 5.75 Å². The van der Waals surface area contributed by atoms with Crippen LogP contribution in [0.15, 0.2) is 66.7 Å². The van der Waals surface area contributed by atoms with Gasteiger partial charge in [-0.3, -0.25) is 4.79 Å². The summed E-state index contributed by atoms with van der Waals surface area (Å²) in [6.45, 7) is 3.95. The van der Waals surface area contributed by atoms with Crippen LogP contribution in [-0.4, -0.2) is 11.9 Å². The van der Waals surface area contributed by atoms with E-state index in [0.717, 1.165) is 26.9 Å². The molecule has 6 heteroatoms. The molecule has 4 aromatic rings. The van der Waals surface area contributed by atoms with Crippen LogP contribution in [0.4, 0.5) is 5.69 Å². The van der Waals surface area contributed by atoms with Crippen molar-refractivity contribution in [2.24, 2.45) is 0 Å². The third-order valence-corrected chi connectivity index (χ3v) is 6.33. The van der Waals surface area contributed by atoms with Crippen LogP contribution in [0.2, 0.25) is 5.02 Å². The number of aryl methyl sites for hydroxylation is 2. The van der Waals surface area contributed by atoms with E-state index in [-0.39, 0.29) is 5.91 Å². The number of anilines is 1. The number of fused-ring (bicyclic) bond motifs is 1. The maximum atomic E-state index is 12.6. The highest BCUT2D eigenvalue weighted by molar-refractivity contribution is 7.21. The topological polar surface area (TPSA) is 55.4 Å². The minimum Gasteiger partial charge on any atom is -0.422 e. The van der Waals surface area contributed by atoms with Gasteiger partial charge in [0.2, 0.25) is 0 Å². The lowest BCUT2D eigenvalue weighted by atomic mass is 10.1. The maximum absolute atomic E-state index is 12.6. The van der Waals surface area contributed by atoms with Gasteiger partial charge in [0, 0.05) is 21.3 Å². The van der Waals surface area contributed by atoms with E-state index in [4.69, 9.17) is 16.3 Å². The summed E-state index contributed by atoms with van der Waals surface area (Å²) >= 11 is 7.63. The Morgan fingerprint density at radius 2 is 1.70 bits per heavy atom.